The molecule has 48 heavy (non-hydrogen) atoms. The molecule has 2 atom stereocenters. The highest BCUT2D eigenvalue weighted by molar-refractivity contribution is 5.71. The molecule has 252 valence electrons. The van der Waals surface area contributed by atoms with Gasteiger partial charge in [-0.05, 0) is 103 Å². The number of imidazole rings is 2. The zero-order valence-electron chi connectivity index (χ0n) is 28.6. The van der Waals surface area contributed by atoms with Crippen LogP contribution in [0.5, 0.6) is 11.5 Å². The number of likely N-dealkylation sites (tertiary alicyclic amines) is 2. The van der Waals surface area contributed by atoms with Crippen LogP contribution in [0.3, 0.4) is 0 Å². The number of benzene rings is 2. The van der Waals surface area contributed by atoms with Crippen molar-refractivity contribution in [2.24, 2.45) is 0 Å². The summed E-state index contributed by atoms with van der Waals surface area (Å²) in [5, 5.41) is 0. The van der Waals surface area contributed by atoms with E-state index in [-0.39, 0.29) is 24.3 Å². The summed E-state index contributed by atoms with van der Waals surface area (Å²) in [5.74, 6) is 3.16. The van der Waals surface area contributed by atoms with Crippen LogP contribution in [0, 0.1) is 0 Å². The molecule has 5 heterocycles. The van der Waals surface area contributed by atoms with Crippen molar-refractivity contribution in [2.45, 2.75) is 96.9 Å². The van der Waals surface area contributed by atoms with Crippen LogP contribution in [0.4, 0.5) is 9.59 Å². The van der Waals surface area contributed by atoms with Crippen molar-refractivity contribution in [1.82, 2.24) is 29.7 Å². The van der Waals surface area contributed by atoms with Gasteiger partial charge in [0.2, 0.25) is 0 Å². The molecule has 0 spiro atoms. The number of nitrogens with one attached hydrogen (secondary N) is 2. The quantitative estimate of drug-likeness (QED) is 0.200. The summed E-state index contributed by atoms with van der Waals surface area (Å²) in [7, 11) is 0. The van der Waals surface area contributed by atoms with E-state index in [0.717, 1.165) is 88.9 Å². The van der Waals surface area contributed by atoms with Crippen LogP contribution in [0.2, 0.25) is 0 Å². The Hall–Kier alpha value is -4.80. The minimum atomic E-state index is -0.549. The fraction of sp³-hybridized carbons (Fsp3) is 0.459. The molecule has 2 aromatic carbocycles. The van der Waals surface area contributed by atoms with Crippen LogP contribution in [0.1, 0.15) is 102 Å². The average molecular weight is 653 g/mol. The highest BCUT2D eigenvalue weighted by Crippen LogP contribution is 2.41. The predicted molar refractivity (Wildman–Crippen MR) is 181 cm³/mol. The van der Waals surface area contributed by atoms with Crippen molar-refractivity contribution in [3.63, 3.8) is 0 Å². The second-order valence-corrected chi connectivity index (χ2v) is 15.0. The average Bonchev–Trinajstić information content (AvgIpc) is 3.83. The van der Waals surface area contributed by atoms with Gasteiger partial charge < -0.3 is 24.2 Å². The first-order chi connectivity index (χ1) is 22.8. The Kier molecular flexibility index (Phi) is 7.96. The molecule has 2 saturated heterocycles. The fourth-order valence-electron chi connectivity index (χ4n) is 6.76. The summed E-state index contributed by atoms with van der Waals surface area (Å²) in [5.41, 5.74) is 4.83. The number of aromatic nitrogens is 4. The lowest BCUT2D eigenvalue weighted by Crippen LogP contribution is -2.36. The molecule has 3 aliphatic rings. The molecule has 11 heteroatoms. The molecule has 3 aliphatic heterocycles. The smallest absolute Gasteiger partial charge is 0.410 e. The summed E-state index contributed by atoms with van der Waals surface area (Å²) in [6, 6.07) is 12.1. The molecule has 4 aromatic rings. The van der Waals surface area contributed by atoms with Gasteiger partial charge >= 0.3 is 12.2 Å². The van der Waals surface area contributed by atoms with Gasteiger partial charge in [0.1, 0.15) is 34.3 Å². The number of H-pyrrole nitrogens is 2. The van der Waals surface area contributed by atoms with Crippen molar-refractivity contribution in [3.05, 3.63) is 71.6 Å². The number of amides is 2. The fourth-order valence-corrected chi connectivity index (χ4v) is 6.76. The number of aromatic amines is 2. The van der Waals surface area contributed by atoms with Gasteiger partial charge in [-0.15, -0.1) is 0 Å². The highest BCUT2D eigenvalue weighted by atomic mass is 16.6. The van der Waals surface area contributed by atoms with E-state index in [1.54, 1.807) is 9.80 Å². The first-order valence-electron chi connectivity index (χ1n) is 16.8. The second-order valence-electron chi connectivity index (χ2n) is 15.0. The second kappa shape index (κ2) is 12.0. The van der Waals surface area contributed by atoms with Gasteiger partial charge in [0.15, 0.2) is 0 Å². The monoisotopic (exact) mass is 652 g/mol. The third-order valence-corrected chi connectivity index (χ3v) is 8.93. The van der Waals surface area contributed by atoms with Gasteiger partial charge in [-0.1, -0.05) is 12.1 Å². The summed E-state index contributed by atoms with van der Waals surface area (Å²) in [6.45, 7) is 12.6. The van der Waals surface area contributed by atoms with Crippen LogP contribution >= 0.6 is 0 Å². The van der Waals surface area contributed by atoms with E-state index in [0.29, 0.717) is 13.1 Å². The van der Waals surface area contributed by atoms with E-state index in [1.165, 1.54) is 0 Å². The molecule has 11 nitrogen and oxygen atoms in total. The normalized spacial score (nSPS) is 19.1. The molecule has 0 unspecified atom stereocenters. The van der Waals surface area contributed by atoms with E-state index in [1.807, 2.05) is 72.1 Å². The Morgan fingerprint density at radius 3 is 1.79 bits per heavy atom. The third kappa shape index (κ3) is 6.50. The number of hydrogen-bond acceptors (Lipinski definition) is 7. The molecule has 2 aromatic heterocycles. The molecule has 0 aliphatic carbocycles. The number of carbonyl (C=O) groups is 2. The lowest BCUT2D eigenvalue weighted by Gasteiger charge is -2.27. The SMILES string of the molecule is CC(C)(C)OC(=O)N1CCC[C@H]1c1ncc(-c2ccc3c(c2)Cc2ccc(-c4cnc([C@@H]5CCCN5C(=O)OC(C)(C)C)[nH]4)cc2O3)[nH]1. The van der Waals surface area contributed by atoms with Crippen LogP contribution < -0.4 is 4.74 Å². The number of rotatable bonds is 4. The molecule has 2 amide bonds. The first-order valence-corrected chi connectivity index (χ1v) is 16.8. The summed E-state index contributed by atoms with van der Waals surface area (Å²) >= 11 is 0. The molecular weight excluding hydrogens is 608 g/mol. The molecule has 7 rings (SSSR count). The maximum absolute atomic E-state index is 12.8. The van der Waals surface area contributed by atoms with E-state index in [4.69, 9.17) is 14.2 Å². The lowest BCUT2D eigenvalue weighted by molar-refractivity contribution is 0.0208. The zero-order valence-corrected chi connectivity index (χ0v) is 28.6. The Morgan fingerprint density at radius 1 is 0.729 bits per heavy atom. The minimum absolute atomic E-state index is 0.135. The van der Waals surface area contributed by atoms with Crippen molar-refractivity contribution in [3.8, 4) is 34.0 Å². The lowest BCUT2D eigenvalue weighted by atomic mass is 9.96. The minimum Gasteiger partial charge on any atom is -0.457 e. The Labute approximate surface area is 281 Å². The van der Waals surface area contributed by atoms with E-state index < -0.39 is 11.2 Å². The zero-order chi connectivity index (χ0) is 33.8. The molecule has 0 bridgehead atoms. The van der Waals surface area contributed by atoms with Gasteiger partial charge in [-0.2, -0.15) is 0 Å². The van der Waals surface area contributed by atoms with E-state index in [9.17, 15) is 9.59 Å². The van der Waals surface area contributed by atoms with Crippen molar-refractivity contribution in [1.29, 1.82) is 0 Å². The van der Waals surface area contributed by atoms with Crippen molar-refractivity contribution in [2.75, 3.05) is 13.1 Å². The maximum Gasteiger partial charge on any atom is 0.410 e. The molecule has 0 radical (unpaired) electrons. The number of fused-ring (bicyclic) bond motifs is 2. The van der Waals surface area contributed by atoms with Gasteiger partial charge in [0.05, 0.1) is 35.9 Å². The first kappa shape index (κ1) is 31.8. The van der Waals surface area contributed by atoms with Gasteiger partial charge in [-0.25, -0.2) is 19.6 Å². The number of ether oxygens (including phenoxy) is 3. The van der Waals surface area contributed by atoms with E-state index >= 15 is 0 Å². The van der Waals surface area contributed by atoms with Crippen LogP contribution in [0.25, 0.3) is 22.5 Å². The number of hydrogen-bond donors (Lipinski definition) is 2. The van der Waals surface area contributed by atoms with Crippen molar-refractivity contribution >= 4 is 12.2 Å². The topological polar surface area (TPSA) is 126 Å². The standard InChI is InChI=1S/C37H44N6O5/c1-36(2,3)47-34(44)42-15-7-9-28(42)32-38-20-26(40-32)22-13-14-30-25(17-22)18-24-12-11-23(19-31(24)46-30)27-21-39-33(41-27)29-10-8-16-43(29)35(45)48-37(4,5)6/h11-14,17,19-21,28-29H,7-10,15-16,18H2,1-6H3,(H,38,40)(H,39,41)/t28-,29-/m0/s1. The van der Waals surface area contributed by atoms with Crippen molar-refractivity contribution < 1.29 is 23.8 Å². The van der Waals surface area contributed by atoms with Gasteiger partial charge in [0, 0.05) is 30.6 Å². The van der Waals surface area contributed by atoms with Gasteiger partial charge in [0.25, 0.3) is 0 Å². The summed E-state index contributed by atoms with van der Waals surface area (Å²) < 4.78 is 17.7. The summed E-state index contributed by atoms with van der Waals surface area (Å²) in [6.07, 6.45) is 7.27. The number of carbonyl (C=O) groups excluding carboxylic acids is 2. The third-order valence-electron chi connectivity index (χ3n) is 8.93. The number of nitrogens with zero attached hydrogens (tertiary/aromatic N) is 4. The maximum atomic E-state index is 12.8. The molecule has 2 N–H and O–H groups in total. The largest absolute Gasteiger partial charge is 0.457 e. The predicted octanol–water partition coefficient (Wildman–Crippen LogP) is 8.31. The van der Waals surface area contributed by atoms with Gasteiger partial charge in [-0.3, -0.25) is 9.80 Å². The summed E-state index contributed by atoms with van der Waals surface area (Å²) in [4.78, 5) is 45.5. The molecule has 0 saturated carbocycles. The van der Waals surface area contributed by atoms with Crippen LogP contribution in [-0.2, 0) is 15.9 Å². The Morgan fingerprint density at radius 2 is 1.25 bits per heavy atom. The van der Waals surface area contributed by atoms with E-state index in [2.05, 4.69) is 38.1 Å². The molecule has 2 fully saturated rings. The highest BCUT2D eigenvalue weighted by Gasteiger charge is 2.36. The Bertz CT molecular complexity index is 1710. The Balaban J connectivity index is 1.05. The van der Waals surface area contributed by atoms with Crippen LogP contribution in [-0.4, -0.2) is 66.2 Å². The molecular formula is C37H44N6O5. The van der Waals surface area contributed by atoms with Crippen LogP contribution in [0.15, 0.2) is 48.8 Å².